The Bertz CT molecular complexity index is 746. The van der Waals surface area contributed by atoms with Crippen molar-refractivity contribution in [3.8, 4) is 0 Å². The Morgan fingerprint density at radius 2 is 1.86 bits per heavy atom. The van der Waals surface area contributed by atoms with Crippen LogP contribution in [0.15, 0.2) is 54.9 Å². The van der Waals surface area contributed by atoms with Crippen LogP contribution in [0.25, 0.3) is 5.65 Å². The Labute approximate surface area is 131 Å². The molecular weight excluding hydrogens is 272 g/mol. The van der Waals surface area contributed by atoms with Crippen LogP contribution in [0.5, 0.6) is 0 Å². The zero-order valence-electron chi connectivity index (χ0n) is 13.1. The van der Waals surface area contributed by atoms with Crippen LogP contribution in [0.1, 0.15) is 25.1 Å². The first-order valence-corrected chi connectivity index (χ1v) is 7.63. The van der Waals surface area contributed by atoms with Gasteiger partial charge in [-0.05, 0) is 31.5 Å². The van der Waals surface area contributed by atoms with E-state index >= 15 is 0 Å². The Morgan fingerprint density at radius 3 is 2.59 bits per heavy atom. The molecule has 0 saturated heterocycles. The first-order chi connectivity index (χ1) is 10.6. The molecule has 0 unspecified atom stereocenters. The largest absolute Gasteiger partial charge is 0.398 e. The van der Waals surface area contributed by atoms with Gasteiger partial charge in [0.25, 0.3) is 0 Å². The van der Waals surface area contributed by atoms with Gasteiger partial charge >= 0.3 is 0 Å². The van der Waals surface area contributed by atoms with Gasteiger partial charge in [-0.15, -0.1) is 0 Å². The van der Waals surface area contributed by atoms with E-state index in [0.29, 0.717) is 6.04 Å². The maximum absolute atomic E-state index is 5.90. The van der Waals surface area contributed by atoms with Gasteiger partial charge in [0.2, 0.25) is 0 Å². The smallest absolute Gasteiger partial charge is 0.137 e. The third-order valence-corrected chi connectivity index (χ3v) is 3.93. The number of imidazole rings is 1. The van der Waals surface area contributed by atoms with Crippen molar-refractivity contribution in [2.45, 2.75) is 33.0 Å². The number of rotatable bonds is 5. The summed E-state index contributed by atoms with van der Waals surface area (Å²) in [6.07, 6.45) is 3.88. The lowest BCUT2D eigenvalue weighted by Gasteiger charge is -2.26. The molecule has 4 nitrogen and oxygen atoms in total. The number of nitrogens with two attached hydrogens (primary N) is 1. The van der Waals surface area contributed by atoms with E-state index in [1.54, 1.807) is 0 Å². The highest BCUT2D eigenvalue weighted by atomic mass is 15.2. The molecule has 0 aliphatic carbocycles. The monoisotopic (exact) mass is 294 g/mol. The molecule has 3 rings (SSSR count). The van der Waals surface area contributed by atoms with Gasteiger partial charge in [0.05, 0.1) is 11.9 Å². The van der Waals surface area contributed by atoms with Crippen LogP contribution >= 0.6 is 0 Å². The fraction of sp³-hybridized carbons (Fsp3) is 0.278. The lowest BCUT2D eigenvalue weighted by atomic mass is 10.2. The van der Waals surface area contributed by atoms with Gasteiger partial charge in [0.1, 0.15) is 5.65 Å². The molecule has 1 aromatic carbocycles. The first-order valence-electron chi connectivity index (χ1n) is 7.63. The second kappa shape index (κ2) is 6.20. The second-order valence-corrected chi connectivity index (χ2v) is 5.92. The summed E-state index contributed by atoms with van der Waals surface area (Å²) in [5.41, 5.74) is 10.1. The van der Waals surface area contributed by atoms with E-state index in [-0.39, 0.29) is 0 Å². The topological polar surface area (TPSA) is 46.6 Å². The molecule has 0 spiro atoms. The SMILES string of the molecule is CC(C)N(Cc1ccccc1)Cc1cnc2ccc(N)cn12. The molecule has 0 fully saturated rings. The fourth-order valence-corrected chi connectivity index (χ4v) is 2.61. The van der Waals surface area contributed by atoms with E-state index in [1.165, 1.54) is 5.56 Å². The van der Waals surface area contributed by atoms with Crippen LogP contribution < -0.4 is 5.73 Å². The van der Waals surface area contributed by atoms with Crippen molar-refractivity contribution >= 4 is 11.3 Å². The number of hydrogen-bond donors (Lipinski definition) is 1. The Kier molecular flexibility index (Phi) is 4.11. The molecule has 0 aliphatic heterocycles. The van der Waals surface area contributed by atoms with E-state index in [9.17, 15) is 0 Å². The van der Waals surface area contributed by atoms with Crippen molar-refractivity contribution in [2.24, 2.45) is 0 Å². The summed E-state index contributed by atoms with van der Waals surface area (Å²) >= 11 is 0. The van der Waals surface area contributed by atoms with Crippen LogP contribution in [-0.4, -0.2) is 20.3 Å². The van der Waals surface area contributed by atoms with Crippen LogP contribution in [0.3, 0.4) is 0 Å². The summed E-state index contributed by atoms with van der Waals surface area (Å²) in [4.78, 5) is 6.89. The molecule has 0 bridgehead atoms. The van der Waals surface area contributed by atoms with Gasteiger partial charge < -0.3 is 10.1 Å². The van der Waals surface area contributed by atoms with Crippen LogP contribution in [0.2, 0.25) is 0 Å². The predicted molar refractivity (Wildman–Crippen MR) is 90.4 cm³/mol. The van der Waals surface area contributed by atoms with Crippen LogP contribution in [-0.2, 0) is 13.1 Å². The third-order valence-electron chi connectivity index (χ3n) is 3.93. The number of anilines is 1. The lowest BCUT2D eigenvalue weighted by molar-refractivity contribution is 0.200. The highest BCUT2D eigenvalue weighted by Gasteiger charge is 2.13. The summed E-state index contributed by atoms with van der Waals surface area (Å²) < 4.78 is 2.08. The second-order valence-electron chi connectivity index (χ2n) is 5.92. The van der Waals surface area contributed by atoms with E-state index in [4.69, 9.17) is 5.73 Å². The fourth-order valence-electron chi connectivity index (χ4n) is 2.61. The molecule has 0 atom stereocenters. The average molecular weight is 294 g/mol. The van der Waals surface area contributed by atoms with Gasteiger partial charge in [-0.2, -0.15) is 0 Å². The van der Waals surface area contributed by atoms with E-state index in [2.05, 4.69) is 58.5 Å². The number of fused-ring (bicyclic) bond motifs is 1. The van der Waals surface area contributed by atoms with Crippen molar-refractivity contribution in [2.75, 3.05) is 5.73 Å². The summed E-state index contributed by atoms with van der Waals surface area (Å²) in [5.74, 6) is 0. The highest BCUT2D eigenvalue weighted by Crippen LogP contribution is 2.16. The Balaban J connectivity index is 1.85. The minimum atomic E-state index is 0.451. The van der Waals surface area contributed by atoms with Crippen molar-refractivity contribution in [3.05, 3.63) is 66.1 Å². The number of pyridine rings is 1. The van der Waals surface area contributed by atoms with Crippen LogP contribution in [0.4, 0.5) is 5.69 Å². The molecule has 3 aromatic rings. The van der Waals surface area contributed by atoms with Crippen molar-refractivity contribution in [3.63, 3.8) is 0 Å². The van der Waals surface area contributed by atoms with E-state index < -0.39 is 0 Å². The molecular formula is C18H22N4. The van der Waals surface area contributed by atoms with Gasteiger partial charge in [-0.3, -0.25) is 4.90 Å². The van der Waals surface area contributed by atoms with E-state index in [1.807, 2.05) is 24.5 Å². The third kappa shape index (κ3) is 3.12. The molecule has 2 N–H and O–H groups in total. The maximum Gasteiger partial charge on any atom is 0.137 e. The molecule has 114 valence electrons. The summed E-state index contributed by atoms with van der Waals surface area (Å²) in [7, 11) is 0. The van der Waals surface area contributed by atoms with Crippen LogP contribution in [0, 0.1) is 0 Å². The number of nitrogens with zero attached hydrogens (tertiary/aromatic N) is 3. The minimum Gasteiger partial charge on any atom is -0.398 e. The summed E-state index contributed by atoms with van der Waals surface area (Å²) in [6, 6.07) is 14.9. The lowest BCUT2D eigenvalue weighted by Crippen LogP contribution is -2.30. The predicted octanol–water partition coefficient (Wildman–Crippen LogP) is 3.33. The number of hydrogen-bond acceptors (Lipinski definition) is 3. The molecule has 0 aliphatic rings. The Morgan fingerprint density at radius 1 is 1.09 bits per heavy atom. The molecule has 2 heterocycles. The Hall–Kier alpha value is -2.33. The quantitative estimate of drug-likeness (QED) is 0.785. The zero-order chi connectivity index (χ0) is 15.5. The normalized spacial score (nSPS) is 11.6. The average Bonchev–Trinajstić information content (AvgIpc) is 2.90. The molecule has 0 radical (unpaired) electrons. The van der Waals surface area contributed by atoms with Crippen molar-refractivity contribution in [1.29, 1.82) is 0 Å². The van der Waals surface area contributed by atoms with Gasteiger partial charge in [-0.1, -0.05) is 30.3 Å². The molecule has 4 heteroatoms. The van der Waals surface area contributed by atoms with Gasteiger partial charge in [-0.25, -0.2) is 4.98 Å². The van der Waals surface area contributed by atoms with Crippen molar-refractivity contribution in [1.82, 2.24) is 14.3 Å². The van der Waals surface area contributed by atoms with E-state index in [0.717, 1.165) is 30.1 Å². The van der Waals surface area contributed by atoms with Gasteiger partial charge in [0.15, 0.2) is 0 Å². The highest BCUT2D eigenvalue weighted by molar-refractivity contribution is 5.48. The number of nitrogen functional groups attached to an aromatic ring is 1. The maximum atomic E-state index is 5.90. The number of aromatic nitrogens is 2. The number of benzene rings is 1. The zero-order valence-corrected chi connectivity index (χ0v) is 13.1. The molecule has 0 saturated carbocycles. The molecule has 22 heavy (non-hydrogen) atoms. The van der Waals surface area contributed by atoms with Crippen molar-refractivity contribution < 1.29 is 0 Å². The molecule has 2 aromatic heterocycles. The minimum absolute atomic E-state index is 0.451. The molecule has 0 amide bonds. The first kappa shape index (κ1) is 14.6. The summed E-state index contributed by atoms with van der Waals surface area (Å²) in [5, 5.41) is 0. The summed E-state index contributed by atoms with van der Waals surface area (Å²) in [6.45, 7) is 6.21. The standard InChI is InChI=1S/C18H22N4/c1-14(2)21(11-15-6-4-3-5-7-15)13-17-10-20-18-9-8-16(19)12-22(17)18/h3-10,12,14H,11,13,19H2,1-2H3. The van der Waals surface area contributed by atoms with Gasteiger partial charge in [0, 0.05) is 31.0 Å².